The van der Waals surface area contributed by atoms with E-state index < -0.39 is 0 Å². The van der Waals surface area contributed by atoms with E-state index in [2.05, 4.69) is 5.32 Å². The monoisotopic (exact) mass is 236 g/mol. The van der Waals surface area contributed by atoms with Crippen LogP contribution in [0.4, 0.5) is 10.5 Å². The summed E-state index contributed by atoms with van der Waals surface area (Å²) >= 11 is 0. The topological polar surface area (TPSA) is 41.6 Å². The summed E-state index contributed by atoms with van der Waals surface area (Å²) in [6.45, 7) is 6.57. The lowest BCUT2D eigenvalue weighted by Crippen LogP contribution is -2.30. The fraction of sp³-hybridized carbons (Fsp3) is 0.462. The van der Waals surface area contributed by atoms with E-state index in [1.807, 2.05) is 45.0 Å². The Morgan fingerprint density at radius 2 is 1.94 bits per heavy atom. The van der Waals surface area contributed by atoms with E-state index in [-0.39, 0.29) is 12.1 Å². The smallest absolute Gasteiger partial charge is 0.321 e. The first-order valence-electron chi connectivity index (χ1n) is 5.81. The van der Waals surface area contributed by atoms with Crippen LogP contribution in [-0.4, -0.2) is 30.6 Å². The SMILES string of the molecule is CCN(C)C(=O)Nc1ccc(OC(C)C)cc1. The second-order valence-electron chi connectivity index (χ2n) is 4.14. The highest BCUT2D eigenvalue weighted by atomic mass is 16.5. The van der Waals surface area contributed by atoms with Crippen molar-refractivity contribution in [3.8, 4) is 5.75 Å². The maximum Gasteiger partial charge on any atom is 0.321 e. The van der Waals surface area contributed by atoms with E-state index in [0.29, 0.717) is 6.54 Å². The van der Waals surface area contributed by atoms with Gasteiger partial charge in [0.15, 0.2) is 0 Å². The minimum atomic E-state index is -0.106. The number of amides is 2. The Balaban J connectivity index is 2.59. The van der Waals surface area contributed by atoms with Gasteiger partial charge in [-0.3, -0.25) is 0 Å². The Kier molecular flexibility index (Phi) is 4.82. The van der Waals surface area contributed by atoms with E-state index in [1.54, 1.807) is 11.9 Å². The Labute approximate surface area is 103 Å². The number of nitrogens with zero attached hydrogens (tertiary/aromatic N) is 1. The van der Waals surface area contributed by atoms with Crippen molar-refractivity contribution >= 4 is 11.7 Å². The molecule has 0 bridgehead atoms. The van der Waals surface area contributed by atoms with Crippen molar-refractivity contribution in [3.63, 3.8) is 0 Å². The van der Waals surface area contributed by atoms with Gasteiger partial charge < -0.3 is 15.0 Å². The number of carbonyl (C=O) groups excluding carboxylic acids is 1. The summed E-state index contributed by atoms with van der Waals surface area (Å²) in [6.07, 6.45) is 0.154. The van der Waals surface area contributed by atoms with Crippen LogP contribution >= 0.6 is 0 Å². The molecule has 1 rings (SSSR count). The van der Waals surface area contributed by atoms with E-state index in [4.69, 9.17) is 4.74 Å². The molecule has 0 atom stereocenters. The molecule has 0 aliphatic rings. The van der Waals surface area contributed by atoms with Crippen molar-refractivity contribution in [1.29, 1.82) is 0 Å². The largest absolute Gasteiger partial charge is 0.491 e. The predicted molar refractivity (Wildman–Crippen MR) is 69.5 cm³/mol. The molecular weight excluding hydrogens is 216 g/mol. The summed E-state index contributed by atoms with van der Waals surface area (Å²) in [4.78, 5) is 13.2. The van der Waals surface area contributed by atoms with Gasteiger partial charge in [-0.1, -0.05) is 0 Å². The molecule has 0 saturated heterocycles. The standard InChI is InChI=1S/C13H20N2O2/c1-5-15(4)13(16)14-11-6-8-12(9-7-11)17-10(2)3/h6-10H,5H2,1-4H3,(H,14,16). The van der Waals surface area contributed by atoms with Gasteiger partial charge in [-0.05, 0) is 45.0 Å². The second-order valence-corrected chi connectivity index (χ2v) is 4.14. The van der Waals surface area contributed by atoms with Crippen LogP contribution in [0.5, 0.6) is 5.75 Å². The van der Waals surface area contributed by atoms with Gasteiger partial charge in [-0.25, -0.2) is 4.79 Å². The molecule has 1 N–H and O–H groups in total. The summed E-state index contributed by atoms with van der Waals surface area (Å²) in [6, 6.07) is 7.26. The molecule has 0 heterocycles. The number of urea groups is 1. The van der Waals surface area contributed by atoms with Gasteiger partial charge >= 0.3 is 6.03 Å². The molecule has 0 aliphatic carbocycles. The van der Waals surface area contributed by atoms with Crippen molar-refractivity contribution in [1.82, 2.24) is 4.90 Å². The highest BCUT2D eigenvalue weighted by Gasteiger charge is 2.06. The summed E-state index contributed by atoms with van der Waals surface area (Å²) in [5.74, 6) is 0.807. The Bertz CT molecular complexity index is 360. The van der Waals surface area contributed by atoms with Crippen molar-refractivity contribution in [2.24, 2.45) is 0 Å². The molecule has 2 amide bonds. The average molecular weight is 236 g/mol. The van der Waals surface area contributed by atoms with Crippen LogP contribution in [0.3, 0.4) is 0 Å². The maximum absolute atomic E-state index is 11.6. The molecule has 0 radical (unpaired) electrons. The van der Waals surface area contributed by atoms with Crippen LogP contribution in [0.2, 0.25) is 0 Å². The van der Waals surface area contributed by atoms with Crippen molar-refractivity contribution in [2.75, 3.05) is 18.9 Å². The van der Waals surface area contributed by atoms with E-state index in [1.165, 1.54) is 0 Å². The lowest BCUT2D eigenvalue weighted by Gasteiger charge is -2.16. The van der Waals surface area contributed by atoms with E-state index >= 15 is 0 Å². The molecule has 1 aromatic rings. The normalized spacial score (nSPS) is 10.2. The summed E-state index contributed by atoms with van der Waals surface area (Å²) in [7, 11) is 1.76. The zero-order valence-corrected chi connectivity index (χ0v) is 10.9. The van der Waals surface area contributed by atoms with Crippen LogP contribution < -0.4 is 10.1 Å². The van der Waals surface area contributed by atoms with Crippen LogP contribution in [0.25, 0.3) is 0 Å². The number of carbonyl (C=O) groups is 1. The van der Waals surface area contributed by atoms with Crippen LogP contribution in [0, 0.1) is 0 Å². The summed E-state index contributed by atoms with van der Waals surface area (Å²) < 4.78 is 5.52. The molecule has 0 spiro atoms. The summed E-state index contributed by atoms with van der Waals surface area (Å²) in [5, 5.41) is 2.80. The molecule has 1 aromatic carbocycles. The number of hydrogen-bond donors (Lipinski definition) is 1. The quantitative estimate of drug-likeness (QED) is 0.873. The molecule has 0 saturated carbocycles. The first kappa shape index (κ1) is 13.4. The maximum atomic E-state index is 11.6. The number of anilines is 1. The van der Waals surface area contributed by atoms with E-state index in [0.717, 1.165) is 11.4 Å². The summed E-state index contributed by atoms with van der Waals surface area (Å²) in [5.41, 5.74) is 0.770. The molecule has 0 fully saturated rings. The molecule has 94 valence electrons. The predicted octanol–water partition coefficient (Wildman–Crippen LogP) is 2.96. The molecule has 17 heavy (non-hydrogen) atoms. The third kappa shape index (κ3) is 4.34. The van der Waals surface area contributed by atoms with Gasteiger partial charge in [0.2, 0.25) is 0 Å². The van der Waals surface area contributed by atoms with Crippen molar-refractivity contribution in [2.45, 2.75) is 26.9 Å². The van der Waals surface area contributed by atoms with E-state index in [9.17, 15) is 4.79 Å². The lowest BCUT2D eigenvalue weighted by molar-refractivity contribution is 0.224. The van der Waals surface area contributed by atoms with Crippen LogP contribution in [0.15, 0.2) is 24.3 Å². The number of nitrogens with one attached hydrogen (secondary N) is 1. The minimum Gasteiger partial charge on any atom is -0.491 e. The second kappa shape index (κ2) is 6.13. The van der Waals surface area contributed by atoms with Gasteiger partial charge in [-0.2, -0.15) is 0 Å². The molecule has 4 nitrogen and oxygen atoms in total. The number of rotatable bonds is 4. The highest BCUT2D eigenvalue weighted by molar-refractivity contribution is 5.89. The number of ether oxygens (including phenoxy) is 1. The van der Waals surface area contributed by atoms with Gasteiger partial charge in [0.1, 0.15) is 5.75 Å². The molecule has 0 aromatic heterocycles. The Morgan fingerprint density at radius 1 is 1.35 bits per heavy atom. The van der Waals surface area contributed by atoms with Crippen LogP contribution in [0.1, 0.15) is 20.8 Å². The first-order chi connectivity index (χ1) is 8.02. The van der Waals surface area contributed by atoms with Gasteiger partial charge in [0.25, 0.3) is 0 Å². The minimum absolute atomic E-state index is 0.106. The zero-order chi connectivity index (χ0) is 12.8. The molecule has 0 aliphatic heterocycles. The molecule has 4 heteroatoms. The number of benzene rings is 1. The van der Waals surface area contributed by atoms with Crippen LogP contribution in [-0.2, 0) is 0 Å². The Morgan fingerprint density at radius 3 is 2.41 bits per heavy atom. The fourth-order valence-electron chi connectivity index (χ4n) is 1.25. The highest BCUT2D eigenvalue weighted by Crippen LogP contribution is 2.17. The van der Waals surface area contributed by atoms with Crippen molar-refractivity contribution in [3.05, 3.63) is 24.3 Å². The number of hydrogen-bond acceptors (Lipinski definition) is 2. The third-order valence-electron chi connectivity index (χ3n) is 2.30. The fourth-order valence-corrected chi connectivity index (χ4v) is 1.25. The Hall–Kier alpha value is -1.71. The average Bonchev–Trinajstić information content (AvgIpc) is 2.30. The molecule has 0 unspecified atom stereocenters. The first-order valence-corrected chi connectivity index (χ1v) is 5.81. The van der Waals surface area contributed by atoms with Gasteiger partial charge in [0, 0.05) is 19.3 Å². The zero-order valence-electron chi connectivity index (χ0n) is 10.9. The lowest BCUT2D eigenvalue weighted by atomic mass is 10.3. The van der Waals surface area contributed by atoms with Crippen molar-refractivity contribution < 1.29 is 9.53 Å². The van der Waals surface area contributed by atoms with Gasteiger partial charge in [-0.15, -0.1) is 0 Å². The third-order valence-corrected chi connectivity index (χ3v) is 2.30. The van der Waals surface area contributed by atoms with Gasteiger partial charge in [0.05, 0.1) is 6.10 Å². The molecular formula is C13H20N2O2.